The molecule has 0 saturated carbocycles. The van der Waals surface area contributed by atoms with E-state index >= 15 is 0 Å². The van der Waals surface area contributed by atoms with Crippen LogP contribution in [0.3, 0.4) is 0 Å². The van der Waals surface area contributed by atoms with Crippen LogP contribution in [0.4, 0.5) is 0 Å². The van der Waals surface area contributed by atoms with Crippen LogP contribution in [-0.4, -0.2) is 36.5 Å². The van der Waals surface area contributed by atoms with Gasteiger partial charge < -0.3 is 19.9 Å². The second-order valence-corrected chi connectivity index (χ2v) is 7.93. The van der Waals surface area contributed by atoms with E-state index in [0.717, 1.165) is 5.75 Å². The fraction of sp³-hybridized carbons (Fsp3) is 0.429. The van der Waals surface area contributed by atoms with E-state index in [1.807, 2.05) is 12.1 Å². The van der Waals surface area contributed by atoms with Gasteiger partial charge in [0.1, 0.15) is 35.3 Å². The highest BCUT2D eigenvalue weighted by molar-refractivity contribution is 6.42. The zero-order valence-electron chi connectivity index (χ0n) is 15.5. The van der Waals surface area contributed by atoms with E-state index in [2.05, 4.69) is 31.3 Å². The summed E-state index contributed by atoms with van der Waals surface area (Å²) in [5, 5.41) is 14.5. The van der Waals surface area contributed by atoms with E-state index in [1.165, 1.54) is 5.56 Å². The molecule has 0 radical (unpaired) electrons. The monoisotopic (exact) mass is 409 g/mol. The van der Waals surface area contributed by atoms with Gasteiger partial charge in [-0.1, -0.05) is 55.2 Å². The Hall–Kier alpha value is -1.46. The summed E-state index contributed by atoms with van der Waals surface area (Å²) >= 11 is 12.1. The standard InChI is InChI=1S/C21H25Cl2NO3/c1-13(2)14-6-8-15(9-7-14)27-16-10-18(24-11-16)19(25)12-26-20-5-3-4-17(22)21(20)23/h3-9,13,16,18-19,24-25H,10-12H2,1-2H3. The van der Waals surface area contributed by atoms with Crippen molar-refractivity contribution in [1.82, 2.24) is 5.32 Å². The summed E-state index contributed by atoms with van der Waals surface area (Å²) < 4.78 is 11.7. The van der Waals surface area contributed by atoms with Gasteiger partial charge in [0.25, 0.3) is 0 Å². The molecule has 3 atom stereocenters. The fourth-order valence-corrected chi connectivity index (χ4v) is 3.47. The number of aliphatic hydroxyl groups excluding tert-OH is 1. The Labute approximate surface area is 170 Å². The molecule has 1 saturated heterocycles. The molecule has 0 amide bonds. The number of halogens is 2. The zero-order chi connectivity index (χ0) is 19.4. The van der Waals surface area contributed by atoms with Crippen molar-refractivity contribution in [1.29, 1.82) is 0 Å². The van der Waals surface area contributed by atoms with Gasteiger partial charge in [-0.2, -0.15) is 0 Å². The fourth-order valence-electron chi connectivity index (χ4n) is 3.13. The van der Waals surface area contributed by atoms with Gasteiger partial charge in [-0.3, -0.25) is 0 Å². The molecule has 0 aromatic heterocycles. The number of aliphatic hydroxyl groups is 1. The second kappa shape index (κ2) is 9.16. The molecule has 2 aromatic carbocycles. The van der Waals surface area contributed by atoms with Crippen LogP contribution in [0.25, 0.3) is 0 Å². The number of hydrogen-bond donors (Lipinski definition) is 2. The summed E-state index contributed by atoms with van der Waals surface area (Å²) in [4.78, 5) is 0. The van der Waals surface area contributed by atoms with Crippen molar-refractivity contribution in [3.8, 4) is 11.5 Å². The Morgan fingerprint density at radius 2 is 1.89 bits per heavy atom. The van der Waals surface area contributed by atoms with E-state index in [1.54, 1.807) is 18.2 Å². The first-order chi connectivity index (χ1) is 12.9. The SMILES string of the molecule is CC(C)c1ccc(OC2CNC(C(O)COc3cccc(Cl)c3Cl)C2)cc1. The maximum atomic E-state index is 10.4. The molecule has 0 spiro atoms. The van der Waals surface area contributed by atoms with Gasteiger partial charge in [0, 0.05) is 19.0 Å². The van der Waals surface area contributed by atoms with Crippen LogP contribution in [-0.2, 0) is 0 Å². The molecule has 3 rings (SSSR count). The van der Waals surface area contributed by atoms with Gasteiger partial charge in [-0.05, 0) is 35.7 Å². The van der Waals surface area contributed by atoms with Crippen LogP contribution >= 0.6 is 23.2 Å². The van der Waals surface area contributed by atoms with Crippen molar-refractivity contribution in [3.05, 3.63) is 58.1 Å². The zero-order valence-corrected chi connectivity index (χ0v) is 17.0. The molecule has 1 aliphatic rings. The molecule has 2 aromatic rings. The first kappa shape index (κ1) is 20.3. The summed E-state index contributed by atoms with van der Waals surface area (Å²) in [6.07, 6.45) is 0.0565. The first-order valence-electron chi connectivity index (χ1n) is 9.19. The smallest absolute Gasteiger partial charge is 0.139 e. The molecular weight excluding hydrogens is 385 g/mol. The Morgan fingerprint density at radius 1 is 1.15 bits per heavy atom. The number of benzene rings is 2. The molecule has 6 heteroatoms. The Kier molecular flexibility index (Phi) is 6.88. The molecule has 1 fully saturated rings. The van der Waals surface area contributed by atoms with Crippen LogP contribution in [0.5, 0.6) is 11.5 Å². The molecular formula is C21H25Cl2NO3. The summed E-state index contributed by atoms with van der Waals surface area (Å²) in [5.74, 6) is 1.82. The topological polar surface area (TPSA) is 50.7 Å². The lowest BCUT2D eigenvalue weighted by molar-refractivity contribution is 0.0756. The Morgan fingerprint density at radius 3 is 2.59 bits per heavy atom. The minimum atomic E-state index is -0.669. The summed E-state index contributed by atoms with van der Waals surface area (Å²) in [7, 11) is 0. The third-order valence-corrected chi connectivity index (χ3v) is 5.57. The van der Waals surface area contributed by atoms with Crippen molar-refractivity contribution >= 4 is 23.2 Å². The minimum absolute atomic E-state index is 0.0179. The molecule has 3 unspecified atom stereocenters. The maximum Gasteiger partial charge on any atom is 0.139 e. The van der Waals surface area contributed by atoms with Crippen LogP contribution in [0.15, 0.2) is 42.5 Å². The van der Waals surface area contributed by atoms with Crippen LogP contribution in [0, 0.1) is 0 Å². The van der Waals surface area contributed by atoms with Crippen molar-refractivity contribution in [3.63, 3.8) is 0 Å². The van der Waals surface area contributed by atoms with E-state index in [-0.39, 0.29) is 18.8 Å². The highest BCUT2D eigenvalue weighted by Gasteiger charge is 2.31. The molecule has 1 aliphatic heterocycles. The quantitative estimate of drug-likeness (QED) is 0.697. The molecule has 0 aliphatic carbocycles. The van der Waals surface area contributed by atoms with Crippen molar-refractivity contribution in [2.45, 2.75) is 44.4 Å². The van der Waals surface area contributed by atoms with Gasteiger partial charge in [-0.15, -0.1) is 0 Å². The number of ether oxygens (including phenoxy) is 2. The van der Waals surface area contributed by atoms with Gasteiger partial charge >= 0.3 is 0 Å². The maximum absolute atomic E-state index is 10.4. The molecule has 4 nitrogen and oxygen atoms in total. The predicted molar refractivity (Wildman–Crippen MR) is 109 cm³/mol. The first-order valence-corrected chi connectivity index (χ1v) is 9.94. The molecule has 27 heavy (non-hydrogen) atoms. The third kappa shape index (κ3) is 5.29. The lowest BCUT2D eigenvalue weighted by atomic mass is 10.0. The second-order valence-electron chi connectivity index (χ2n) is 7.14. The lowest BCUT2D eigenvalue weighted by Gasteiger charge is -2.19. The summed E-state index contributed by atoms with van der Waals surface area (Å²) in [6.45, 7) is 5.15. The van der Waals surface area contributed by atoms with Gasteiger partial charge in [0.05, 0.1) is 5.02 Å². The normalized spacial score (nSPS) is 20.7. The lowest BCUT2D eigenvalue weighted by Crippen LogP contribution is -2.38. The summed E-state index contributed by atoms with van der Waals surface area (Å²) in [6, 6.07) is 13.3. The van der Waals surface area contributed by atoms with Crippen LogP contribution in [0.1, 0.15) is 31.7 Å². The average molecular weight is 410 g/mol. The van der Waals surface area contributed by atoms with E-state index in [9.17, 15) is 5.11 Å². The molecule has 0 bridgehead atoms. The highest BCUT2D eigenvalue weighted by Crippen LogP contribution is 2.31. The predicted octanol–water partition coefficient (Wildman–Crippen LogP) is 4.67. The van der Waals surface area contributed by atoms with Gasteiger partial charge in [0.15, 0.2) is 0 Å². The van der Waals surface area contributed by atoms with Crippen LogP contribution < -0.4 is 14.8 Å². The molecule has 146 valence electrons. The van der Waals surface area contributed by atoms with Crippen molar-refractivity contribution < 1.29 is 14.6 Å². The average Bonchev–Trinajstić information content (AvgIpc) is 3.12. The molecule has 1 heterocycles. The minimum Gasteiger partial charge on any atom is -0.489 e. The number of rotatable bonds is 7. The van der Waals surface area contributed by atoms with Crippen molar-refractivity contribution in [2.75, 3.05) is 13.2 Å². The van der Waals surface area contributed by atoms with Gasteiger partial charge in [0.2, 0.25) is 0 Å². The Balaban J connectivity index is 1.49. The highest BCUT2D eigenvalue weighted by atomic mass is 35.5. The number of hydrogen-bond acceptors (Lipinski definition) is 4. The van der Waals surface area contributed by atoms with Crippen molar-refractivity contribution in [2.24, 2.45) is 0 Å². The third-order valence-electron chi connectivity index (χ3n) is 4.76. The Bertz CT molecular complexity index is 752. The summed E-state index contributed by atoms with van der Waals surface area (Å²) in [5.41, 5.74) is 1.29. The van der Waals surface area contributed by atoms with E-state index in [4.69, 9.17) is 32.7 Å². The van der Waals surface area contributed by atoms with E-state index < -0.39 is 6.10 Å². The van der Waals surface area contributed by atoms with Crippen LogP contribution in [0.2, 0.25) is 10.0 Å². The largest absolute Gasteiger partial charge is 0.489 e. The molecule has 2 N–H and O–H groups in total. The van der Waals surface area contributed by atoms with E-state index in [0.29, 0.717) is 34.7 Å². The van der Waals surface area contributed by atoms with Gasteiger partial charge in [-0.25, -0.2) is 0 Å². The number of nitrogens with one attached hydrogen (secondary N) is 1.